The summed E-state index contributed by atoms with van der Waals surface area (Å²) >= 11 is 0. The summed E-state index contributed by atoms with van der Waals surface area (Å²) in [6, 6.07) is 9.19. The van der Waals surface area contributed by atoms with Crippen molar-refractivity contribution in [1.29, 1.82) is 0 Å². The molecular formula is C15H17NO4. The van der Waals surface area contributed by atoms with Crippen LogP contribution in [0.15, 0.2) is 30.3 Å². The molecule has 0 aliphatic carbocycles. The Kier molecular flexibility index (Phi) is 4.17. The highest BCUT2D eigenvalue weighted by Crippen LogP contribution is 2.29. The minimum atomic E-state index is -0.913. The SMILES string of the molecule is CC(CCN1C(=O)CC(c2ccccc2)C1=O)C(=O)O. The zero-order valence-electron chi connectivity index (χ0n) is 11.3. The molecule has 2 unspecified atom stereocenters. The van der Waals surface area contributed by atoms with E-state index in [1.807, 2.05) is 30.3 Å². The Bertz CT molecular complexity index is 526. The van der Waals surface area contributed by atoms with Crippen LogP contribution in [0.1, 0.15) is 31.2 Å². The summed E-state index contributed by atoms with van der Waals surface area (Å²) in [4.78, 5) is 36.1. The van der Waals surface area contributed by atoms with Crippen molar-refractivity contribution in [1.82, 2.24) is 4.90 Å². The average Bonchev–Trinajstić information content (AvgIpc) is 2.72. The van der Waals surface area contributed by atoms with Crippen molar-refractivity contribution in [2.45, 2.75) is 25.7 Å². The van der Waals surface area contributed by atoms with Crippen LogP contribution in [0.5, 0.6) is 0 Å². The topological polar surface area (TPSA) is 74.7 Å². The highest BCUT2D eigenvalue weighted by Gasteiger charge is 2.39. The summed E-state index contributed by atoms with van der Waals surface area (Å²) in [5.74, 6) is -2.35. The third-order valence-corrected chi connectivity index (χ3v) is 3.65. The van der Waals surface area contributed by atoms with Crippen LogP contribution in [-0.4, -0.2) is 34.3 Å². The summed E-state index contributed by atoms with van der Waals surface area (Å²) in [5.41, 5.74) is 0.833. The molecule has 106 valence electrons. The molecule has 1 aliphatic heterocycles. The average molecular weight is 275 g/mol. The van der Waals surface area contributed by atoms with Gasteiger partial charge < -0.3 is 5.11 Å². The largest absolute Gasteiger partial charge is 0.481 e. The predicted octanol–water partition coefficient (Wildman–Crippen LogP) is 1.64. The van der Waals surface area contributed by atoms with Crippen LogP contribution in [0.2, 0.25) is 0 Å². The number of carboxylic acid groups (broad SMARTS) is 1. The van der Waals surface area contributed by atoms with Crippen LogP contribution in [-0.2, 0) is 14.4 Å². The number of carbonyl (C=O) groups is 3. The van der Waals surface area contributed by atoms with Crippen LogP contribution in [0, 0.1) is 5.92 Å². The Morgan fingerprint density at radius 2 is 2.00 bits per heavy atom. The fourth-order valence-corrected chi connectivity index (χ4v) is 2.31. The number of imide groups is 1. The minimum Gasteiger partial charge on any atom is -0.481 e. The van der Waals surface area contributed by atoms with Crippen LogP contribution < -0.4 is 0 Å². The molecule has 2 rings (SSSR count). The molecule has 2 atom stereocenters. The number of amides is 2. The summed E-state index contributed by atoms with van der Waals surface area (Å²) in [6.07, 6.45) is 0.457. The molecule has 0 spiro atoms. The van der Waals surface area contributed by atoms with E-state index in [-0.39, 0.29) is 31.2 Å². The molecule has 5 heteroatoms. The lowest BCUT2D eigenvalue weighted by molar-refractivity contribution is -0.144. The second-order valence-electron chi connectivity index (χ2n) is 5.08. The third-order valence-electron chi connectivity index (χ3n) is 3.65. The summed E-state index contributed by atoms with van der Waals surface area (Å²) in [5, 5.41) is 8.83. The molecule has 1 saturated heterocycles. The van der Waals surface area contributed by atoms with E-state index in [9.17, 15) is 14.4 Å². The van der Waals surface area contributed by atoms with Crippen molar-refractivity contribution in [2.24, 2.45) is 5.92 Å². The van der Waals surface area contributed by atoms with Gasteiger partial charge >= 0.3 is 5.97 Å². The standard InChI is InChI=1S/C15H17NO4/c1-10(15(19)20)7-8-16-13(17)9-12(14(16)18)11-5-3-2-4-6-11/h2-6,10,12H,7-9H2,1H3,(H,19,20). The number of carboxylic acids is 1. The molecule has 0 saturated carbocycles. The van der Waals surface area contributed by atoms with Gasteiger partial charge in [0.2, 0.25) is 11.8 Å². The van der Waals surface area contributed by atoms with E-state index >= 15 is 0 Å². The van der Waals surface area contributed by atoms with E-state index < -0.39 is 17.8 Å². The van der Waals surface area contributed by atoms with Crippen molar-refractivity contribution in [3.8, 4) is 0 Å². The predicted molar refractivity (Wildman–Crippen MR) is 71.9 cm³/mol. The van der Waals surface area contributed by atoms with Gasteiger partial charge in [-0.05, 0) is 12.0 Å². The Morgan fingerprint density at radius 3 is 2.60 bits per heavy atom. The molecule has 0 aromatic heterocycles. The Balaban J connectivity index is 2.04. The lowest BCUT2D eigenvalue weighted by atomic mass is 9.98. The zero-order chi connectivity index (χ0) is 14.7. The number of nitrogens with zero attached hydrogens (tertiary/aromatic N) is 1. The first-order valence-electron chi connectivity index (χ1n) is 6.62. The second-order valence-corrected chi connectivity index (χ2v) is 5.08. The fraction of sp³-hybridized carbons (Fsp3) is 0.400. The molecule has 1 N–H and O–H groups in total. The normalized spacial score (nSPS) is 20.2. The number of benzene rings is 1. The van der Waals surface area contributed by atoms with Crippen LogP contribution in [0.25, 0.3) is 0 Å². The third kappa shape index (κ3) is 2.87. The fourth-order valence-electron chi connectivity index (χ4n) is 2.31. The molecule has 5 nitrogen and oxygen atoms in total. The van der Waals surface area contributed by atoms with E-state index in [2.05, 4.69) is 0 Å². The van der Waals surface area contributed by atoms with E-state index in [1.165, 1.54) is 4.90 Å². The highest BCUT2D eigenvalue weighted by atomic mass is 16.4. The molecule has 1 aromatic carbocycles. The quantitative estimate of drug-likeness (QED) is 0.829. The van der Waals surface area contributed by atoms with Crippen molar-refractivity contribution in [3.05, 3.63) is 35.9 Å². The first kappa shape index (κ1) is 14.2. The lowest BCUT2D eigenvalue weighted by Gasteiger charge is -2.16. The number of rotatable bonds is 5. The number of aliphatic carboxylic acids is 1. The van der Waals surface area contributed by atoms with Crippen LogP contribution in [0.3, 0.4) is 0 Å². The first-order valence-corrected chi connectivity index (χ1v) is 6.62. The first-order chi connectivity index (χ1) is 9.50. The van der Waals surface area contributed by atoms with Gasteiger partial charge in [0.25, 0.3) is 0 Å². The minimum absolute atomic E-state index is 0.171. The molecule has 20 heavy (non-hydrogen) atoms. The molecule has 0 bridgehead atoms. The van der Waals surface area contributed by atoms with Gasteiger partial charge in [-0.1, -0.05) is 37.3 Å². The second kappa shape index (κ2) is 5.86. The maximum absolute atomic E-state index is 12.3. The van der Waals surface area contributed by atoms with Gasteiger partial charge in [0.1, 0.15) is 0 Å². The molecule has 1 aliphatic rings. The monoisotopic (exact) mass is 275 g/mol. The van der Waals surface area contributed by atoms with Crippen LogP contribution >= 0.6 is 0 Å². The Labute approximate surface area is 117 Å². The van der Waals surface area contributed by atoms with Crippen molar-refractivity contribution in [3.63, 3.8) is 0 Å². The number of likely N-dealkylation sites (tertiary alicyclic amines) is 1. The van der Waals surface area contributed by atoms with Crippen LogP contribution in [0.4, 0.5) is 0 Å². The van der Waals surface area contributed by atoms with Crippen molar-refractivity contribution in [2.75, 3.05) is 6.54 Å². The van der Waals surface area contributed by atoms with Gasteiger partial charge in [-0.3, -0.25) is 19.3 Å². The molecule has 2 amide bonds. The highest BCUT2D eigenvalue weighted by molar-refractivity contribution is 6.06. The lowest BCUT2D eigenvalue weighted by Crippen LogP contribution is -2.32. The molecule has 0 radical (unpaired) electrons. The van der Waals surface area contributed by atoms with Gasteiger partial charge in [-0.2, -0.15) is 0 Å². The zero-order valence-corrected chi connectivity index (χ0v) is 11.3. The van der Waals surface area contributed by atoms with Crippen molar-refractivity contribution < 1.29 is 19.5 Å². The molecule has 1 aromatic rings. The maximum atomic E-state index is 12.3. The summed E-state index contributed by atoms with van der Waals surface area (Å²) in [7, 11) is 0. The van der Waals surface area contributed by atoms with E-state index in [0.717, 1.165) is 5.56 Å². The molecular weight excluding hydrogens is 258 g/mol. The van der Waals surface area contributed by atoms with Gasteiger partial charge in [0.15, 0.2) is 0 Å². The number of hydrogen-bond donors (Lipinski definition) is 1. The summed E-state index contributed by atoms with van der Waals surface area (Å²) < 4.78 is 0. The van der Waals surface area contributed by atoms with Gasteiger partial charge in [-0.25, -0.2) is 0 Å². The number of carbonyl (C=O) groups excluding carboxylic acids is 2. The summed E-state index contributed by atoms with van der Waals surface area (Å²) in [6.45, 7) is 1.75. The van der Waals surface area contributed by atoms with E-state index in [0.29, 0.717) is 0 Å². The van der Waals surface area contributed by atoms with Gasteiger partial charge in [0, 0.05) is 13.0 Å². The van der Waals surface area contributed by atoms with Gasteiger partial charge in [0.05, 0.1) is 11.8 Å². The molecule has 1 fully saturated rings. The Hall–Kier alpha value is -2.17. The van der Waals surface area contributed by atoms with E-state index in [1.54, 1.807) is 6.92 Å². The van der Waals surface area contributed by atoms with Crippen molar-refractivity contribution >= 4 is 17.8 Å². The maximum Gasteiger partial charge on any atom is 0.306 e. The van der Waals surface area contributed by atoms with Gasteiger partial charge in [-0.15, -0.1) is 0 Å². The smallest absolute Gasteiger partial charge is 0.306 e. The van der Waals surface area contributed by atoms with E-state index in [4.69, 9.17) is 5.11 Å². The molecule has 1 heterocycles. The Morgan fingerprint density at radius 1 is 1.35 bits per heavy atom. The number of hydrogen-bond acceptors (Lipinski definition) is 3.